The molecule has 1 aliphatic carbocycles. The zero-order valence-electron chi connectivity index (χ0n) is 7.78. The second kappa shape index (κ2) is 3.77. The molecule has 1 saturated carbocycles. The fraction of sp³-hybridized carbons (Fsp3) is 1.00. The average molecular weight is 203 g/mol. The number of likely N-dealkylation sites (tertiary alicyclic amines) is 1. The molecule has 76 valence electrons. The zero-order valence-corrected chi connectivity index (χ0v) is 8.67. The number of thiol groups is 1. The van der Waals surface area contributed by atoms with Gasteiger partial charge >= 0.3 is 0 Å². The Morgan fingerprint density at radius 1 is 1.54 bits per heavy atom. The zero-order chi connectivity index (χ0) is 9.31. The summed E-state index contributed by atoms with van der Waals surface area (Å²) in [5, 5.41) is 9.36. The van der Waals surface area contributed by atoms with Crippen molar-refractivity contribution in [1.29, 1.82) is 0 Å². The van der Waals surface area contributed by atoms with Crippen LogP contribution in [0.4, 0.5) is 0 Å². The third-order valence-electron chi connectivity index (χ3n) is 3.13. The Kier molecular flexibility index (Phi) is 2.83. The molecule has 0 spiro atoms. The molecule has 4 heteroatoms. The predicted molar refractivity (Wildman–Crippen MR) is 53.7 cm³/mol. The highest BCUT2D eigenvalue weighted by atomic mass is 32.1. The Morgan fingerprint density at radius 2 is 2.31 bits per heavy atom. The lowest BCUT2D eigenvalue weighted by molar-refractivity contribution is 0.155. The smallest absolute Gasteiger partial charge is 0.0679 e. The highest BCUT2D eigenvalue weighted by Gasteiger charge is 2.44. The number of rotatable bonds is 4. The summed E-state index contributed by atoms with van der Waals surface area (Å²) in [7, 11) is 0. The summed E-state index contributed by atoms with van der Waals surface area (Å²) < 4.78 is 4.91. The molecular weight excluding hydrogens is 186 g/mol. The lowest BCUT2D eigenvalue weighted by Crippen LogP contribution is -2.31. The predicted octanol–water partition coefficient (Wildman–Crippen LogP) is 0.695. The van der Waals surface area contributed by atoms with Crippen LogP contribution in [0.15, 0.2) is 0 Å². The van der Waals surface area contributed by atoms with Gasteiger partial charge < -0.3 is 14.2 Å². The Hall–Kier alpha value is 0.230. The van der Waals surface area contributed by atoms with Crippen LogP contribution in [-0.4, -0.2) is 42.4 Å². The van der Waals surface area contributed by atoms with Gasteiger partial charge in [0.25, 0.3) is 0 Å². The van der Waals surface area contributed by atoms with E-state index < -0.39 is 0 Å². The number of hydrogen-bond acceptors (Lipinski definition) is 4. The second-order valence-corrected chi connectivity index (χ2v) is 4.71. The largest absolute Gasteiger partial charge is 0.392 e. The third-order valence-corrected chi connectivity index (χ3v) is 3.26. The molecule has 1 saturated heterocycles. The Morgan fingerprint density at radius 3 is 2.77 bits per heavy atom. The first-order chi connectivity index (χ1) is 6.24. The quantitative estimate of drug-likeness (QED) is 0.521. The molecule has 0 radical (unpaired) electrons. The van der Waals surface area contributed by atoms with Gasteiger partial charge in [0.05, 0.1) is 12.7 Å². The van der Waals surface area contributed by atoms with Crippen LogP contribution < -0.4 is 0 Å². The summed E-state index contributed by atoms with van der Waals surface area (Å²) in [5.41, 5.74) is 0.367. The molecule has 3 nitrogen and oxygen atoms in total. The van der Waals surface area contributed by atoms with Crippen molar-refractivity contribution in [2.75, 3.05) is 26.2 Å². The van der Waals surface area contributed by atoms with Crippen LogP contribution >= 0.6 is 12.9 Å². The van der Waals surface area contributed by atoms with Gasteiger partial charge in [-0.25, -0.2) is 0 Å². The fourth-order valence-corrected chi connectivity index (χ4v) is 2.37. The van der Waals surface area contributed by atoms with Gasteiger partial charge in [-0.3, -0.25) is 0 Å². The molecule has 0 aromatic rings. The molecule has 1 aliphatic heterocycles. The molecule has 1 atom stereocenters. The van der Waals surface area contributed by atoms with Gasteiger partial charge in [-0.15, -0.1) is 0 Å². The van der Waals surface area contributed by atoms with Gasteiger partial charge in [0.15, 0.2) is 0 Å². The van der Waals surface area contributed by atoms with Crippen molar-refractivity contribution in [3.63, 3.8) is 0 Å². The topological polar surface area (TPSA) is 32.7 Å². The SMILES string of the molecule is O[C@@H]1CCN(CC2(COS)CC2)C1. The molecule has 13 heavy (non-hydrogen) atoms. The van der Waals surface area contributed by atoms with E-state index in [1.165, 1.54) is 12.8 Å². The molecule has 0 aromatic heterocycles. The fourth-order valence-electron chi connectivity index (χ4n) is 2.09. The van der Waals surface area contributed by atoms with E-state index in [0.29, 0.717) is 5.41 Å². The van der Waals surface area contributed by atoms with E-state index in [9.17, 15) is 5.11 Å². The summed E-state index contributed by atoms with van der Waals surface area (Å²) in [4.78, 5) is 2.34. The van der Waals surface area contributed by atoms with E-state index in [1.54, 1.807) is 0 Å². The van der Waals surface area contributed by atoms with Gasteiger partial charge in [0.1, 0.15) is 0 Å². The Bertz CT molecular complexity index is 184. The second-order valence-electron chi connectivity index (χ2n) is 4.45. The summed E-state index contributed by atoms with van der Waals surface area (Å²) >= 11 is 3.80. The molecule has 0 aromatic carbocycles. The molecule has 2 aliphatic rings. The van der Waals surface area contributed by atoms with E-state index in [1.807, 2.05) is 0 Å². The maximum Gasteiger partial charge on any atom is 0.0679 e. The van der Waals surface area contributed by atoms with E-state index >= 15 is 0 Å². The molecule has 0 unspecified atom stereocenters. The number of aliphatic hydroxyl groups is 1. The molecular formula is C9H17NO2S. The standard InChI is InChI=1S/C9H17NO2S/c11-8-1-4-10(5-8)6-9(2-3-9)7-12-13/h8,11,13H,1-7H2/t8-/m1/s1. The number of β-amino-alcohol motifs (C(OH)–C–C–N with tert-alkyl or cyclic N) is 1. The number of aliphatic hydroxyl groups excluding tert-OH is 1. The van der Waals surface area contributed by atoms with Crippen molar-refractivity contribution in [3.05, 3.63) is 0 Å². The summed E-state index contributed by atoms with van der Waals surface area (Å²) in [5.74, 6) is 0. The van der Waals surface area contributed by atoms with Crippen LogP contribution in [0.2, 0.25) is 0 Å². The van der Waals surface area contributed by atoms with Crippen LogP contribution in [0.25, 0.3) is 0 Å². The van der Waals surface area contributed by atoms with Crippen LogP contribution in [0.1, 0.15) is 19.3 Å². The summed E-state index contributed by atoms with van der Waals surface area (Å²) in [6.45, 7) is 3.71. The highest BCUT2D eigenvalue weighted by Crippen LogP contribution is 2.47. The minimum Gasteiger partial charge on any atom is -0.392 e. The van der Waals surface area contributed by atoms with Crippen molar-refractivity contribution < 1.29 is 9.29 Å². The Labute approximate surface area is 84.7 Å². The van der Waals surface area contributed by atoms with Gasteiger partial charge in [-0.1, -0.05) is 0 Å². The first-order valence-corrected chi connectivity index (χ1v) is 5.27. The summed E-state index contributed by atoms with van der Waals surface area (Å²) in [6.07, 6.45) is 3.32. The number of nitrogens with zero attached hydrogens (tertiary/aromatic N) is 1. The van der Waals surface area contributed by atoms with Gasteiger partial charge in [-0.05, 0) is 32.2 Å². The normalized spacial score (nSPS) is 32.3. The number of hydrogen-bond donors (Lipinski definition) is 2. The molecule has 1 N–H and O–H groups in total. The van der Waals surface area contributed by atoms with Crippen molar-refractivity contribution in [1.82, 2.24) is 4.90 Å². The van der Waals surface area contributed by atoms with Gasteiger partial charge in [0, 0.05) is 25.0 Å². The molecule has 0 bridgehead atoms. The van der Waals surface area contributed by atoms with Crippen LogP contribution in [0, 0.1) is 5.41 Å². The van der Waals surface area contributed by atoms with Crippen molar-refractivity contribution in [2.45, 2.75) is 25.4 Å². The minimum atomic E-state index is -0.104. The van der Waals surface area contributed by atoms with E-state index in [0.717, 1.165) is 32.7 Å². The minimum absolute atomic E-state index is 0.104. The maximum atomic E-state index is 9.36. The lowest BCUT2D eigenvalue weighted by Gasteiger charge is -2.21. The lowest BCUT2D eigenvalue weighted by atomic mass is 10.1. The first kappa shape index (κ1) is 9.77. The average Bonchev–Trinajstić information content (AvgIpc) is 2.70. The van der Waals surface area contributed by atoms with Crippen molar-refractivity contribution >= 4 is 12.9 Å². The molecule has 0 amide bonds. The maximum absolute atomic E-state index is 9.36. The molecule has 2 fully saturated rings. The van der Waals surface area contributed by atoms with Crippen molar-refractivity contribution in [3.8, 4) is 0 Å². The third kappa shape index (κ3) is 2.37. The summed E-state index contributed by atoms with van der Waals surface area (Å²) in [6, 6.07) is 0. The van der Waals surface area contributed by atoms with E-state index in [-0.39, 0.29) is 6.10 Å². The van der Waals surface area contributed by atoms with Crippen molar-refractivity contribution in [2.24, 2.45) is 5.41 Å². The monoisotopic (exact) mass is 203 g/mol. The van der Waals surface area contributed by atoms with Gasteiger partial charge in [0.2, 0.25) is 0 Å². The molecule has 1 heterocycles. The van der Waals surface area contributed by atoms with E-state index in [2.05, 4.69) is 17.8 Å². The van der Waals surface area contributed by atoms with Crippen LogP contribution in [0.3, 0.4) is 0 Å². The molecule has 2 rings (SSSR count). The first-order valence-electron chi connectivity index (χ1n) is 4.91. The van der Waals surface area contributed by atoms with E-state index in [4.69, 9.17) is 4.18 Å². The Balaban J connectivity index is 1.77. The van der Waals surface area contributed by atoms with Crippen LogP contribution in [-0.2, 0) is 4.18 Å². The van der Waals surface area contributed by atoms with Gasteiger partial charge in [-0.2, -0.15) is 0 Å². The van der Waals surface area contributed by atoms with Crippen LogP contribution in [0.5, 0.6) is 0 Å². The highest BCUT2D eigenvalue weighted by molar-refractivity contribution is 7.75.